The minimum atomic E-state index is -0.842. The monoisotopic (exact) mass is 618 g/mol. The topological polar surface area (TPSA) is 106 Å². The smallest absolute Gasteiger partial charge is 0.253 e. The van der Waals surface area contributed by atoms with Crippen molar-refractivity contribution in [2.24, 2.45) is 29.1 Å². The van der Waals surface area contributed by atoms with Crippen molar-refractivity contribution in [1.29, 1.82) is 0 Å². The van der Waals surface area contributed by atoms with Gasteiger partial charge in [-0.25, -0.2) is 0 Å². The molecular weight excluding hydrogens is 568 g/mol. The SMILES string of the molecule is C[C@@H]1[C@@H](NC(=O)[C@@H]2[C@H]([C@H](C)O)[C@H](CO)ON2Cc2cccc(-c3cccc(C(=O)N4CCN(C)CC4)c3)c2)C[C@H]2C[C@@H]1C2(C)C. The lowest BCUT2D eigenvalue weighted by Crippen LogP contribution is -2.62. The fraction of sp³-hybridized carbons (Fsp3) is 0.611. The summed E-state index contributed by atoms with van der Waals surface area (Å²) >= 11 is 0. The Balaban J connectivity index is 1.19. The summed E-state index contributed by atoms with van der Waals surface area (Å²) in [6, 6.07) is 15.1. The molecule has 2 bridgehead atoms. The number of hydroxylamine groups is 2. The zero-order chi connectivity index (χ0) is 32.0. The van der Waals surface area contributed by atoms with Crippen molar-refractivity contribution in [1.82, 2.24) is 20.2 Å². The second kappa shape index (κ2) is 12.8. The summed E-state index contributed by atoms with van der Waals surface area (Å²) < 4.78 is 0. The van der Waals surface area contributed by atoms with E-state index in [1.807, 2.05) is 47.4 Å². The Morgan fingerprint density at radius 3 is 2.38 bits per heavy atom. The molecule has 7 rings (SSSR count). The van der Waals surface area contributed by atoms with Gasteiger partial charge in [-0.2, -0.15) is 5.06 Å². The van der Waals surface area contributed by atoms with Gasteiger partial charge in [0.2, 0.25) is 5.91 Å². The zero-order valence-corrected chi connectivity index (χ0v) is 27.4. The highest BCUT2D eigenvalue weighted by molar-refractivity contribution is 5.95. The van der Waals surface area contributed by atoms with Crippen LogP contribution in [0.5, 0.6) is 0 Å². The minimum Gasteiger partial charge on any atom is -0.394 e. The number of carbonyl (C=O) groups is 2. The lowest BCUT2D eigenvalue weighted by Gasteiger charge is -2.62. The first-order valence-corrected chi connectivity index (χ1v) is 16.7. The van der Waals surface area contributed by atoms with Crippen molar-refractivity contribution >= 4 is 11.8 Å². The zero-order valence-electron chi connectivity index (χ0n) is 27.4. The van der Waals surface area contributed by atoms with E-state index < -0.39 is 24.2 Å². The van der Waals surface area contributed by atoms with Crippen LogP contribution in [0.4, 0.5) is 0 Å². The van der Waals surface area contributed by atoms with E-state index in [4.69, 9.17) is 4.84 Å². The van der Waals surface area contributed by atoms with Crippen LogP contribution >= 0.6 is 0 Å². The third-order valence-corrected chi connectivity index (χ3v) is 11.6. The van der Waals surface area contributed by atoms with Crippen molar-refractivity contribution in [3.8, 4) is 11.1 Å². The molecule has 0 aromatic heterocycles. The van der Waals surface area contributed by atoms with E-state index >= 15 is 0 Å². The summed E-state index contributed by atoms with van der Waals surface area (Å²) in [5.74, 6) is 0.898. The van der Waals surface area contributed by atoms with Crippen LogP contribution in [-0.4, -0.2) is 101 Å². The van der Waals surface area contributed by atoms with Crippen LogP contribution in [0, 0.1) is 29.1 Å². The number of aliphatic hydroxyl groups excluding tert-OH is 2. The Kier molecular flexibility index (Phi) is 9.11. The van der Waals surface area contributed by atoms with Crippen LogP contribution in [0.25, 0.3) is 11.1 Å². The number of fused-ring (bicyclic) bond motifs is 2. The molecule has 2 aromatic rings. The Bertz CT molecular complexity index is 1390. The van der Waals surface area contributed by atoms with Crippen molar-refractivity contribution in [3.05, 3.63) is 59.7 Å². The van der Waals surface area contributed by atoms with Crippen LogP contribution in [-0.2, 0) is 16.2 Å². The highest BCUT2D eigenvalue weighted by Crippen LogP contribution is 2.61. The first-order valence-electron chi connectivity index (χ1n) is 16.7. The second-order valence-electron chi connectivity index (χ2n) is 14.6. The summed E-state index contributed by atoms with van der Waals surface area (Å²) in [5, 5.41) is 25.9. The number of rotatable bonds is 8. The number of hydrogen-bond acceptors (Lipinski definition) is 7. The van der Waals surface area contributed by atoms with E-state index in [0.29, 0.717) is 35.3 Å². The number of aliphatic hydroxyl groups is 2. The van der Waals surface area contributed by atoms with Gasteiger partial charge in [0.15, 0.2) is 0 Å². The highest BCUT2D eigenvalue weighted by Gasteiger charge is 2.57. The number of hydrogen-bond donors (Lipinski definition) is 3. The Labute approximate surface area is 267 Å². The predicted octanol–water partition coefficient (Wildman–Crippen LogP) is 3.40. The van der Waals surface area contributed by atoms with Crippen molar-refractivity contribution in [2.75, 3.05) is 39.8 Å². The van der Waals surface area contributed by atoms with Crippen molar-refractivity contribution in [3.63, 3.8) is 0 Å². The van der Waals surface area contributed by atoms with Crippen LogP contribution in [0.15, 0.2) is 48.5 Å². The molecule has 9 nitrogen and oxygen atoms in total. The quantitative estimate of drug-likeness (QED) is 0.417. The molecule has 5 fully saturated rings. The number of benzene rings is 2. The van der Waals surface area contributed by atoms with Gasteiger partial charge in [0.1, 0.15) is 12.1 Å². The summed E-state index contributed by atoms with van der Waals surface area (Å²) in [5.41, 5.74) is 3.82. The van der Waals surface area contributed by atoms with Crippen molar-refractivity contribution in [2.45, 2.75) is 71.4 Å². The molecule has 244 valence electrons. The molecule has 0 unspecified atom stereocenters. The molecule has 9 heteroatoms. The van der Waals surface area contributed by atoms with Gasteiger partial charge in [0.25, 0.3) is 5.91 Å². The molecule has 2 aliphatic heterocycles. The fourth-order valence-electron chi connectivity index (χ4n) is 8.54. The average molecular weight is 619 g/mol. The van der Waals surface area contributed by atoms with Gasteiger partial charge in [0.05, 0.1) is 19.3 Å². The summed E-state index contributed by atoms with van der Waals surface area (Å²) in [7, 11) is 2.07. The third kappa shape index (κ3) is 6.17. The lowest BCUT2D eigenvalue weighted by atomic mass is 9.45. The Morgan fingerprint density at radius 1 is 1.04 bits per heavy atom. The second-order valence-corrected chi connectivity index (χ2v) is 14.6. The predicted molar refractivity (Wildman–Crippen MR) is 173 cm³/mol. The number of nitrogens with one attached hydrogen (secondary N) is 1. The van der Waals surface area contributed by atoms with Crippen molar-refractivity contribution < 1.29 is 24.6 Å². The number of nitrogens with zero attached hydrogens (tertiary/aromatic N) is 3. The molecule has 5 aliphatic rings. The van der Waals surface area contributed by atoms with E-state index in [1.54, 1.807) is 12.0 Å². The Morgan fingerprint density at radius 2 is 1.73 bits per heavy atom. The molecule has 8 atom stereocenters. The van der Waals surface area contributed by atoms with Crippen LogP contribution < -0.4 is 5.32 Å². The molecule has 0 radical (unpaired) electrons. The highest BCUT2D eigenvalue weighted by atomic mass is 16.7. The van der Waals surface area contributed by atoms with Gasteiger partial charge in [-0.15, -0.1) is 0 Å². The largest absolute Gasteiger partial charge is 0.394 e. The number of likely N-dealkylation sites (N-methyl/N-ethyl adjacent to an activating group) is 1. The van der Waals surface area contributed by atoms with E-state index in [-0.39, 0.29) is 24.5 Å². The van der Waals surface area contributed by atoms with Crippen LogP contribution in [0.1, 0.15) is 56.5 Å². The molecule has 2 aromatic carbocycles. The average Bonchev–Trinajstić information content (AvgIpc) is 3.40. The third-order valence-electron chi connectivity index (χ3n) is 11.6. The molecule has 2 heterocycles. The maximum Gasteiger partial charge on any atom is 0.253 e. The summed E-state index contributed by atoms with van der Waals surface area (Å²) in [4.78, 5) is 37.6. The molecule has 0 spiro atoms. The summed E-state index contributed by atoms with van der Waals surface area (Å²) in [6.07, 6.45) is 0.666. The van der Waals surface area contributed by atoms with Gasteiger partial charge in [-0.05, 0) is 84.9 Å². The van der Waals surface area contributed by atoms with E-state index in [2.05, 4.69) is 44.1 Å². The molecule has 3 N–H and O–H groups in total. The van der Waals surface area contributed by atoms with Gasteiger partial charge in [-0.3, -0.25) is 14.4 Å². The van der Waals surface area contributed by atoms with Gasteiger partial charge in [-0.1, -0.05) is 51.1 Å². The molecule has 3 saturated carbocycles. The minimum absolute atomic E-state index is 0.0489. The maximum absolute atomic E-state index is 14.0. The lowest BCUT2D eigenvalue weighted by molar-refractivity contribution is -0.183. The van der Waals surface area contributed by atoms with Gasteiger partial charge >= 0.3 is 0 Å². The number of piperazine rings is 1. The number of amides is 2. The molecular formula is C36H50N4O5. The van der Waals surface area contributed by atoms with E-state index in [1.165, 1.54) is 6.42 Å². The van der Waals surface area contributed by atoms with E-state index in [9.17, 15) is 19.8 Å². The molecule has 2 saturated heterocycles. The van der Waals surface area contributed by atoms with E-state index in [0.717, 1.165) is 49.3 Å². The Hall–Kier alpha value is -2.82. The number of carbonyl (C=O) groups excluding carboxylic acids is 2. The van der Waals surface area contributed by atoms with Gasteiger partial charge < -0.3 is 25.3 Å². The van der Waals surface area contributed by atoms with Gasteiger partial charge in [0, 0.05) is 43.7 Å². The molecule has 45 heavy (non-hydrogen) atoms. The molecule has 3 aliphatic carbocycles. The molecule has 2 amide bonds. The first kappa shape index (κ1) is 32.1. The summed E-state index contributed by atoms with van der Waals surface area (Å²) in [6.45, 7) is 11.8. The maximum atomic E-state index is 14.0. The standard InChI is InChI=1S/C36H50N4O5/c1-22-29-18-28(36(29,3)4)19-30(22)37-34(43)33-32(23(2)42)31(21-41)45-40(33)20-24-8-6-9-25(16-24)26-10-7-11-27(17-26)35(44)39-14-12-38(5)13-15-39/h6-11,16-17,22-23,28-33,41-42H,12-15,18-21H2,1-5H3,(H,37,43)/t22-,23-,28+,29-,30-,31-,32+,33-/m0/s1. The van der Waals surface area contributed by atoms with Crippen LogP contribution in [0.2, 0.25) is 0 Å². The fourth-order valence-corrected chi connectivity index (χ4v) is 8.54. The normalized spacial score (nSPS) is 32.2. The first-order chi connectivity index (χ1) is 21.5. The van der Waals surface area contributed by atoms with Crippen LogP contribution in [0.3, 0.4) is 0 Å².